The van der Waals surface area contributed by atoms with E-state index in [-0.39, 0.29) is 12.6 Å². The second-order valence-corrected chi connectivity index (χ2v) is 15.1. The number of aliphatic hydroxyl groups excluding tert-OH is 1. The number of methoxy groups -OCH3 is 3. The highest BCUT2D eigenvalue weighted by Crippen LogP contribution is 2.43. The molecule has 5 rings (SSSR count). The van der Waals surface area contributed by atoms with Gasteiger partial charge in [0.05, 0.1) is 27.9 Å². The minimum Gasteiger partial charge on any atom is -0.497 e. The molecule has 1 fully saturated rings. The van der Waals surface area contributed by atoms with Crippen LogP contribution in [0.1, 0.15) is 113 Å². The molecule has 0 amide bonds. The third-order valence-electron chi connectivity index (χ3n) is 11.1. The van der Waals surface area contributed by atoms with E-state index in [0.717, 1.165) is 55.2 Å². The van der Waals surface area contributed by atoms with Gasteiger partial charge < -0.3 is 33.5 Å². The number of carbonyl (C=O) groups is 1. The van der Waals surface area contributed by atoms with Gasteiger partial charge in [0, 0.05) is 25.3 Å². The minimum absolute atomic E-state index is 0.0152. The van der Waals surface area contributed by atoms with Gasteiger partial charge in [0.2, 0.25) is 0 Å². The van der Waals surface area contributed by atoms with Crippen LogP contribution in [0.2, 0.25) is 0 Å². The molecular formula is C47H62N2O10. The number of rotatable bonds is 26. The molecule has 0 radical (unpaired) electrons. The molecule has 12 nitrogen and oxygen atoms in total. The van der Waals surface area contributed by atoms with Crippen LogP contribution in [0.4, 0.5) is 0 Å². The van der Waals surface area contributed by atoms with Gasteiger partial charge in [-0.25, -0.2) is 4.79 Å². The number of aliphatic hydroxyl groups is 1. The number of hydrogen-bond acceptors (Lipinski definition) is 10. The van der Waals surface area contributed by atoms with Crippen LogP contribution in [-0.2, 0) is 29.3 Å². The molecule has 0 bridgehead atoms. The van der Waals surface area contributed by atoms with Crippen LogP contribution in [0.3, 0.4) is 0 Å². The molecule has 2 N–H and O–H groups in total. The summed E-state index contributed by atoms with van der Waals surface area (Å²) >= 11 is 0. The van der Waals surface area contributed by atoms with E-state index in [9.17, 15) is 19.5 Å². The molecule has 320 valence electrons. The number of nitrogens with one attached hydrogen (secondary N) is 1. The first-order valence-corrected chi connectivity index (χ1v) is 21.1. The molecule has 3 aromatic carbocycles. The molecule has 0 aliphatic carbocycles. The summed E-state index contributed by atoms with van der Waals surface area (Å²) < 4.78 is 36.8. The maximum absolute atomic E-state index is 12.9. The molecule has 1 aliphatic heterocycles. The fraction of sp³-hybridized carbons (Fsp3) is 0.511. The number of esters is 1. The Morgan fingerprint density at radius 1 is 0.695 bits per heavy atom. The Morgan fingerprint density at radius 3 is 1.71 bits per heavy atom. The quantitative estimate of drug-likeness (QED) is 0.0365. The lowest BCUT2D eigenvalue weighted by Gasteiger charge is -2.37. The molecule has 0 saturated carbocycles. The highest BCUT2D eigenvalue weighted by Gasteiger charge is 2.48. The lowest BCUT2D eigenvalue weighted by molar-refractivity contribution is -0.140. The van der Waals surface area contributed by atoms with Crippen LogP contribution in [-0.4, -0.2) is 73.5 Å². The van der Waals surface area contributed by atoms with Gasteiger partial charge in [-0.1, -0.05) is 125 Å². The van der Waals surface area contributed by atoms with Gasteiger partial charge in [-0.2, -0.15) is 0 Å². The van der Waals surface area contributed by atoms with Crippen LogP contribution in [0.15, 0.2) is 101 Å². The predicted octanol–water partition coefficient (Wildman–Crippen LogP) is 7.84. The summed E-state index contributed by atoms with van der Waals surface area (Å²) in [6.07, 6.45) is 12.5. The minimum atomic E-state index is -1.22. The van der Waals surface area contributed by atoms with E-state index in [1.54, 1.807) is 14.2 Å². The number of hydrogen-bond donors (Lipinski definition) is 2. The first-order chi connectivity index (χ1) is 28.8. The van der Waals surface area contributed by atoms with Gasteiger partial charge >= 0.3 is 11.7 Å². The summed E-state index contributed by atoms with van der Waals surface area (Å²) in [5, 5.41) is 11.7. The fourth-order valence-corrected chi connectivity index (χ4v) is 7.84. The Hall–Kier alpha value is -4.75. The maximum atomic E-state index is 12.9. The average Bonchev–Trinajstić information content (AvgIpc) is 3.57. The summed E-state index contributed by atoms with van der Waals surface area (Å²) in [4.78, 5) is 38.3. The molecule has 1 aromatic heterocycles. The molecule has 4 aromatic rings. The van der Waals surface area contributed by atoms with Gasteiger partial charge in [0.25, 0.3) is 5.56 Å². The smallest absolute Gasteiger partial charge is 0.330 e. The van der Waals surface area contributed by atoms with Gasteiger partial charge in [-0.05, 0) is 53.8 Å². The van der Waals surface area contributed by atoms with Crippen LogP contribution in [0.5, 0.6) is 11.5 Å². The SMILES string of the molecule is COC(=O)CCCCCCCCCCCCCCCOC1C(COC(c2ccccc2)(c2ccc(OC)cc2)c2ccc(OC)cc2)OC(n2ccc(=O)[nH]c2=O)C1O. The number of ether oxygens (including phenoxy) is 6. The summed E-state index contributed by atoms with van der Waals surface area (Å²) in [5.41, 5.74) is 0.163. The molecule has 59 heavy (non-hydrogen) atoms. The number of unbranched alkanes of at least 4 members (excludes halogenated alkanes) is 12. The highest BCUT2D eigenvalue weighted by molar-refractivity contribution is 5.68. The summed E-state index contributed by atoms with van der Waals surface area (Å²) in [6.45, 7) is 0.383. The molecular weight excluding hydrogens is 753 g/mol. The molecule has 1 aliphatic rings. The Bertz CT molecular complexity index is 1880. The second kappa shape index (κ2) is 23.7. The van der Waals surface area contributed by atoms with Crippen LogP contribution >= 0.6 is 0 Å². The Kier molecular flexibility index (Phi) is 18.2. The van der Waals surface area contributed by atoms with E-state index < -0.39 is 41.4 Å². The third kappa shape index (κ3) is 12.6. The number of benzene rings is 3. The van der Waals surface area contributed by atoms with Crippen molar-refractivity contribution in [2.24, 2.45) is 0 Å². The van der Waals surface area contributed by atoms with Crippen LogP contribution in [0.25, 0.3) is 0 Å². The number of nitrogens with zero attached hydrogens (tertiary/aromatic N) is 1. The van der Waals surface area contributed by atoms with E-state index in [2.05, 4.69) is 4.98 Å². The van der Waals surface area contributed by atoms with Gasteiger partial charge in [-0.15, -0.1) is 0 Å². The molecule has 2 heterocycles. The zero-order chi connectivity index (χ0) is 41.9. The number of aromatic nitrogens is 2. The van der Waals surface area contributed by atoms with Crippen molar-refractivity contribution >= 4 is 5.97 Å². The zero-order valence-electron chi connectivity index (χ0n) is 34.9. The lowest BCUT2D eigenvalue weighted by Crippen LogP contribution is -2.41. The lowest BCUT2D eigenvalue weighted by atomic mass is 9.80. The maximum Gasteiger partial charge on any atom is 0.330 e. The van der Waals surface area contributed by atoms with Crippen molar-refractivity contribution in [3.8, 4) is 11.5 Å². The monoisotopic (exact) mass is 814 g/mol. The van der Waals surface area contributed by atoms with Crippen molar-refractivity contribution in [2.75, 3.05) is 34.5 Å². The van der Waals surface area contributed by atoms with Crippen LogP contribution in [0, 0.1) is 0 Å². The Balaban J connectivity index is 1.22. The standard InChI is InChI=1S/C47H62N2O10/c1-54-38-27-23-36(24-28-38)47(35-20-16-15-17-21-35,37-25-29-39(55-2)30-26-37)58-34-40-44(43(52)45(59-40)49-32-31-41(50)48-46(49)53)57-33-19-14-12-10-8-6-4-5-7-9-11-13-18-22-42(51)56-3/h15-17,20-21,23-32,40,43-45,52H,4-14,18-19,22,33-34H2,1-3H3,(H,48,50,53). The molecule has 12 heteroatoms. The number of aromatic amines is 1. The summed E-state index contributed by atoms with van der Waals surface area (Å²) in [7, 11) is 4.68. The Morgan fingerprint density at radius 2 is 1.20 bits per heavy atom. The van der Waals surface area contributed by atoms with Crippen molar-refractivity contribution in [3.05, 3.63) is 129 Å². The molecule has 4 unspecified atom stereocenters. The van der Waals surface area contributed by atoms with E-state index >= 15 is 0 Å². The first kappa shape index (κ1) is 45.3. The average molecular weight is 815 g/mol. The molecule has 0 spiro atoms. The van der Waals surface area contributed by atoms with Crippen molar-refractivity contribution in [1.82, 2.24) is 9.55 Å². The number of carbonyl (C=O) groups excluding carboxylic acids is 1. The van der Waals surface area contributed by atoms with Crippen molar-refractivity contribution in [1.29, 1.82) is 0 Å². The van der Waals surface area contributed by atoms with Gasteiger partial charge in [-0.3, -0.25) is 19.1 Å². The second-order valence-electron chi connectivity index (χ2n) is 15.1. The summed E-state index contributed by atoms with van der Waals surface area (Å²) in [6, 6.07) is 26.6. The van der Waals surface area contributed by atoms with E-state index in [4.69, 9.17) is 28.4 Å². The van der Waals surface area contributed by atoms with Crippen molar-refractivity contribution in [3.63, 3.8) is 0 Å². The van der Waals surface area contributed by atoms with E-state index in [1.165, 1.54) is 68.9 Å². The first-order valence-electron chi connectivity index (χ1n) is 21.1. The molecule has 1 saturated heterocycles. The molecule has 4 atom stereocenters. The number of H-pyrrole nitrogens is 1. The highest BCUT2D eigenvalue weighted by atomic mass is 16.6. The Labute approximate surface area is 347 Å². The largest absolute Gasteiger partial charge is 0.497 e. The van der Waals surface area contributed by atoms with Gasteiger partial charge in [0.15, 0.2) is 6.23 Å². The van der Waals surface area contributed by atoms with Crippen LogP contribution < -0.4 is 20.7 Å². The van der Waals surface area contributed by atoms with Gasteiger partial charge in [0.1, 0.15) is 35.4 Å². The van der Waals surface area contributed by atoms with E-state index in [1.807, 2.05) is 78.9 Å². The topological polar surface area (TPSA) is 148 Å². The third-order valence-corrected chi connectivity index (χ3v) is 11.1. The fourth-order valence-electron chi connectivity index (χ4n) is 7.84. The van der Waals surface area contributed by atoms with Crippen molar-refractivity contribution in [2.45, 2.75) is 120 Å². The normalized spacial score (nSPS) is 17.8. The van der Waals surface area contributed by atoms with Crippen molar-refractivity contribution < 1.29 is 38.3 Å². The predicted molar refractivity (Wildman–Crippen MR) is 226 cm³/mol. The zero-order valence-corrected chi connectivity index (χ0v) is 34.9. The summed E-state index contributed by atoms with van der Waals surface area (Å²) in [5.74, 6) is 1.27. The van der Waals surface area contributed by atoms with E-state index in [0.29, 0.717) is 24.5 Å².